The van der Waals surface area contributed by atoms with Gasteiger partial charge in [0.2, 0.25) is 0 Å². The lowest BCUT2D eigenvalue weighted by Gasteiger charge is -1.95. The molecule has 0 amide bonds. The summed E-state index contributed by atoms with van der Waals surface area (Å²) >= 11 is 0. The van der Waals surface area contributed by atoms with Crippen molar-refractivity contribution in [1.82, 2.24) is 9.78 Å². The first-order valence-corrected chi connectivity index (χ1v) is 5.13. The lowest BCUT2D eigenvalue weighted by molar-refractivity contribution is -0.114. The number of hydrogen-bond acceptors (Lipinski definition) is 3. The van der Waals surface area contributed by atoms with Gasteiger partial charge in [0.25, 0.3) is 0 Å². The van der Waals surface area contributed by atoms with E-state index in [-0.39, 0.29) is 11.5 Å². The van der Waals surface area contributed by atoms with Crippen LogP contribution in [0.3, 0.4) is 0 Å². The second-order valence-corrected chi connectivity index (χ2v) is 3.33. The van der Waals surface area contributed by atoms with E-state index < -0.39 is 0 Å². The number of aliphatic hydroxyl groups is 1. The molecule has 0 atom stereocenters. The standard InChI is InChI=1S/C11H16N2O2/c1-3-5-10(14)6-11(15)9-7-12-13(4-2)8-9/h6-8,15H,3-5H2,1-2H3. The average Bonchev–Trinajstić information content (AvgIpc) is 2.66. The summed E-state index contributed by atoms with van der Waals surface area (Å²) in [4.78, 5) is 11.2. The van der Waals surface area contributed by atoms with Crippen molar-refractivity contribution < 1.29 is 9.90 Å². The zero-order valence-electron chi connectivity index (χ0n) is 9.10. The third kappa shape index (κ3) is 3.23. The van der Waals surface area contributed by atoms with Crippen LogP contribution < -0.4 is 0 Å². The van der Waals surface area contributed by atoms with Gasteiger partial charge >= 0.3 is 0 Å². The van der Waals surface area contributed by atoms with Gasteiger partial charge in [-0.15, -0.1) is 0 Å². The van der Waals surface area contributed by atoms with Gasteiger partial charge in [-0.25, -0.2) is 0 Å². The van der Waals surface area contributed by atoms with Crippen molar-refractivity contribution in [3.63, 3.8) is 0 Å². The maximum Gasteiger partial charge on any atom is 0.159 e. The summed E-state index contributed by atoms with van der Waals surface area (Å²) in [5.41, 5.74) is 0.585. The van der Waals surface area contributed by atoms with Gasteiger partial charge in [0.05, 0.1) is 11.8 Å². The van der Waals surface area contributed by atoms with E-state index in [0.29, 0.717) is 12.0 Å². The van der Waals surface area contributed by atoms with Crippen molar-refractivity contribution in [1.29, 1.82) is 0 Å². The fraction of sp³-hybridized carbons (Fsp3) is 0.455. The molecular formula is C11H16N2O2. The Balaban J connectivity index is 2.74. The molecule has 0 radical (unpaired) electrons. The van der Waals surface area contributed by atoms with Gasteiger partial charge in [-0.05, 0) is 13.3 Å². The first kappa shape index (κ1) is 11.5. The van der Waals surface area contributed by atoms with Crippen molar-refractivity contribution >= 4 is 11.5 Å². The van der Waals surface area contributed by atoms with Gasteiger partial charge in [-0.3, -0.25) is 9.48 Å². The average molecular weight is 208 g/mol. The molecule has 4 heteroatoms. The van der Waals surface area contributed by atoms with Crippen LogP contribution in [-0.2, 0) is 11.3 Å². The molecule has 82 valence electrons. The summed E-state index contributed by atoms with van der Waals surface area (Å²) in [6, 6.07) is 0. The number of carbonyl (C=O) groups is 1. The molecule has 15 heavy (non-hydrogen) atoms. The summed E-state index contributed by atoms with van der Waals surface area (Å²) < 4.78 is 1.70. The Kier molecular flexibility index (Phi) is 4.09. The van der Waals surface area contributed by atoms with Crippen molar-refractivity contribution in [2.75, 3.05) is 0 Å². The van der Waals surface area contributed by atoms with Crippen molar-refractivity contribution in [3.05, 3.63) is 24.0 Å². The number of rotatable bonds is 5. The van der Waals surface area contributed by atoms with Gasteiger partial charge in [0.15, 0.2) is 5.78 Å². The Hall–Kier alpha value is -1.58. The van der Waals surface area contributed by atoms with E-state index in [9.17, 15) is 9.90 Å². The number of carbonyl (C=O) groups excluding carboxylic acids is 1. The van der Waals surface area contributed by atoms with E-state index in [4.69, 9.17) is 0 Å². The Bertz CT molecular complexity index is 366. The number of allylic oxidation sites excluding steroid dienone is 1. The lowest BCUT2D eigenvalue weighted by atomic mass is 10.2. The van der Waals surface area contributed by atoms with Crippen LogP contribution in [0.15, 0.2) is 18.5 Å². The van der Waals surface area contributed by atoms with Crippen LogP contribution in [0, 0.1) is 0 Å². The minimum Gasteiger partial charge on any atom is -0.507 e. The molecule has 0 saturated heterocycles. The normalized spacial score (nSPS) is 11.7. The van der Waals surface area contributed by atoms with E-state index in [2.05, 4.69) is 5.10 Å². The third-order valence-corrected chi connectivity index (χ3v) is 2.05. The highest BCUT2D eigenvalue weighted by Crippen LogP contribution is 2.10. The van der Waals surface area contributed by atoms with Gasteiger partial charge in [-0.1, -0.05) is 6.92 Å². The smallest absolute Gasteiger partial charge is 0.159 e. The minimum absolute atomic E-state index is 0.00634. The number of hydrogen-bond donors (Lipinski definition) is 1. The highest BCUT2D eigenvalue weighted by molar-refractivity contribution is 5.95. The Morgan fingerprint density at radius 1 is 1.60 bits per heavy atom. The third-order valence-electron chi connectivity index (χ3n) is 2.05. The van der Waals surface area contributed by atoms with Crippen molar-refractivity contribution in [2.24, 2.45) is 0 Å². The summed E-state index contributed by atoms with van der Waals surface area (Å²) in [6.07, 6.45) is 5.78. The van der Waals surface area contributed by atoms with E-state index >= 15 is 0 Å². The van der Waals surface area contributed by atoms with Crippen LogP contribution in [0.2, 0.25) is 0 Å². The SMILES string of the molecule is CCCC(=O)C=C(O)c1cnn(CC)c1. The number of nitrogens with zero attached hydrogens (tertiary/aromatic N) is 2. The molecule has 0 saturated carbocycles. The molecule has 0 spiro atoms. The predicted octanol–water partition coefficient (Wildman–Crippen LogP) is 2.17. The molecule has 1 aromatic rings. The monoisotopic (exact) mass is 208 g/mol. The lowest BCUT2D eigenvalue weighted by Crippen LogP contribution is -1.94. The first-order valence-electron chi connectivity index (χ1n) is 5.13. The van der Waals surface area contributed by atoms with Crippen molar-refractivity contribution in [2.45, 2.75) is 33.2 Å². The predicted molar refractivity (Wildman–Crippen MR) is 58.4 cm³/mol. The first-order chi connectivity index (χ1) is 7.17. The van der Waals surface area contributed by atoms with Crippen LogP contribution in [0.5, 0.6) is 0 Å². The molecule has 0 aliphatic carbocycles. The summed E-state index contributed by atoms with van der Waals surface area (Å²) in [6.45, 7) is 4.63. The highest BCUT2D eigenvalue weighted by Gasteiger charge is 2.04. The second-order valence-electron chi connectivity index (χ2n) is 3.33. The number of aromatic nitrogens is 2. The fourth-order valence-corrected chi connectivity index (χ4v) is 1.22. The molecular weight excluding hydrogens is 192 g/mol. The number of aliphatic hydroxyl groups excluding tert-OH is 1. The zero-order chi connectivity index (χ0) is 11.3. The summed E-state index contributed by atoms with van der Waals surface area (Å²) in [7, 11) is 0. The molecule has 0 aliphatic heterocycles. The van der Waals surface area contributed by atoms with Crippen LogP contribution in [-0.4, -0.2) is 20.7 Å². The summed E-state index contributed by atoms with van der Waals surface area (Å²) in [5, 5.41) is 13.6. The quantitative estimate of drug-likeness (QED) is 0.596. The Morgan fingerprint density at radius 2 is 2.33 bits per heavy atom. The fourth-order valence-electron chi connectivity index (χ4n) is 1.22. The Labute approximate surface area is 89.2 Å². The maximum atomic E-state index is 11.2. The largest absolute Gasteiger partial charge is 0.507 e. The molecule has 0 fully saturated rings. The minimum atomic E-state index is -0.0563. The van der Waals surface area contributed by atoms with Gasteiger partial charge in [-0.2, -0.15) is 5.10 Å². The molecule has 1 rings (SSSR count). The number of aryl methyl sites for hydroxylation is 1. The van der Waals surface area contributed by atoms with Gasteiger partial charge in [0, 0.05) is 25.2 Å². The van der Waals surface area contributed by atoms with Crippen molar-refractivity contribution in [3.8, 4) is 0 Å². The molecule has 0 unspecified atom stereocenters. The van der Waals surface area contributed by atoms with Crippen LogP contribution in [0.25, 0.3) is 5.76 Å². The molecule has 0 bridgehead atoms. The maximum absolute atomic E-state index is 11.2. The molecule has 1 aromatic heterocycles. The molecule has 4 nitrogen and oxygen atoms in total. The van der Waals surface area contributed by atoms with Crippen LogP contribution in [0.4, 0.5) is 0 Å². The van der Waals surface area contributed by atoms with E-state index in [1.807, 2.05) is 13.8 Å². The van der Waals surface area contributed by atoms with E-state index in [1.165, 1.54) is 6.08 Å². The molecule has 0 aliphatic rings. The van der Waals surface area contributed by atoms with Crippen LogP contribution >= 0.6 is 0 Å². The highest BCUT2D eigenvalue weighted by atomic mass is 16.3. The molecule has 1 N–H and O–H groups in total. The van der Waals surface area contributed by atoms with E-state index in [0.717, 1.165) is 13.0 Å². The Morgan fingerprint density at radius 3 is 2.87 bits per heavy atom. The topological polar surface area (TPSA) is 55.1 Å². The molecule has 0 aromatic carbocycles. The van der Waals surface area contributed by atoms with E-state index in [1.54, 1.807) is 17.1 Å². The van der Waals surface area contributed by atoms with Gasteiger partial charge in [0.1, 0.15) is 5.76 Å². The second kappa shape index (κ2) is 5.34. The van der Waals surface area contributed by atoms with Crippen LogP contribution in [0.1, 0.15) is 32.3 Å². The number of ketones is 1. The summed E-state index contributed by atoms with van der Waals surface area (Å²) in [5.74, 6) is -0.0626. The zero-order valence-corrected chi connectivity index (χ0v) is 9.10. The molecule has 1 heterocycles. The van der Waals surface area contributed by atoms with Gasteiger partial charge < -0.3 is 5.11 Å².